The van der Waals surface area contributed by atoms with E-state index in [9.17, 15) is 9.90 Å². The topological polar surface area (TPSA) is 138 Å². The predicted molar refractivity (Wildman–Crippen MR) is 128 cm³/mol. The van der Waals surface area contributed by atoms with Gasteiger partial charge in [0.15, 0.2) is 11.8 Å². The van der Waals surface area contributed by atoms with Crippen molar-refractivity contribution in [2.75, 3.05) is 24.6 Å². The number of azide groups is 1. The molecular formula is C23H33N7O4. The highest BCUT2D eigenvalue weighted by Crippen LogP contribution is 2.37. The van der Waals surface area contributed by atoms with Crippen molar-refractivity contribution in [3.63, 3.8) is 0 Å². The Kier molecular flexibility index (Phi) is 7.50. The Hall–Kier alpha value is -3.14. The maximum Gasteiger partial charge on any atom is 0.337 e. The number of hydrogen-bond donors (Lipinski definition) is 1. The molecule has 0 saturated carbocycles. The fourth-order valence-corrected chi connectivity index (χ4v) is 4.14. The van der Waals surface area contributed by atoms with Crippen molar-refractivity contribution in [1.82, 2.24) is 14.6 Å². The molecule has 11 heteroatoms. The van der Waals surface area contributed by atoms with E-state index >= 15 is 0 Å². The molecule has 1 saturated heterocycles. The molecule has 1 atom stereocenters. The molecule has 0 aliphatic carbocycles. The van der Waals surface area contributed by atoms with Gasteiger partial charge in [-0.15, -0.1) is 6.58 Å². The van der Waals surface area contributed by atoms with Gasteiger partial charge in [0.05, 0.1) is 35.6 Å². The predicted octanol–water partition coefficient (Wildman–Crippen LogP) is 4.35. The third kappa shape index (κ3) is 5.67. The van der Waals surface area contributed by atoms with E-state index in [4.69, 9.17) is 15.0 Å². The summed E-state index contributed by atoms with van der Waals surface area (Å²) in [6.07, 6.45) is 1.99. The van der Waals surface area contributed by atoms with E-state index in [-0.39, 0.29) is 12.1 Å². The molecule has 2 aromatic rings. The zero-order chi connectivity index (χ0) is 25.1. The first-order valence-electron chi connectivity index (χ1n) is 11.3. The van der Waals surface area contributed by atoms with Crippen molar-refractivity contribution >= 4 is 17.4 Å². The molecule has 1 aliphatic heterocycles. The van der Waals surface area contributed by atoms with Crippen LogP contribution in [0.1, 0.15) is 63.6 Å². The normalized spacial score (nSPS) is 16.8. The number of nitrogens with zero attached hydrogens (tertiary/aromatic N) is 7. The second kappa shape index (κ2) is 10.0. The van der Waals surface area contributed by atoms with Gasteiger partial charge in [0.25, 0.3) is 0 Å². The van der Waals surface area contributed by atoms with E-state index < -0.39 is 17.7 Å². The molecule has 2 aromatic heterocycles. The summed E-state index contributed by atoms with van der Waals surface area (Å²) in [4.78, 5) is 21.9. The van der Waals surface area contributed by atoms with Gasteiger partial charge in [0.2, 0.25) is 0 Å². The number of fused-ring (bicyclic) bond motifs is 1. The van der Waals surface area contributed by atoms with Crippen LogP contribution < -0.4 is 4.90 Å². The van der Waals surface area contributed by atoms with Crippen molar-refractivity contribution in [3.8, 4) is 0 Å². The lowest BCUT2D eigenvalue weighted by Gasteiger charge is -2.41. The smallest absolute Gasteiger partial charge is 0.337 e. The van der Waals surface area contributed by atoms with Gasteiger partial charge in [-0.2, -0.15) is 9.61 Å². The first-order valence-corrected chi connectivity index (χ1v) is 11.3. The number of piperidine rings is 1. The Labute approximate surface area is 199 Å². The van der Waals surface area contributed by atoms with E-state index in [1.807, 2.05) is 20.8 Å². The quantitative estimate of drug-likeness (QED) is 0.248. The maximum atomic E-state index is 12.4. The maximum absolute atomic E-state index is 12.4. The SMILES string of the molecule is C=CCOC1(C)CCN(c2c(C(OC(C)(C)C)C(=O)O)c(C)nc3cc(CN=[N+]=[N-])nn23)CC1. The minimum Gasteiger partial charge on any atom is -0.479 e. The number of aryl methyl sites for hydroxylation is 1. The first-order chi connectivity index (χ1) is 16.0. The zero-order valence-electron chi connectivity index (χ0n) is 20.5. The second-order valence-corrected chi connectivity index (χ2v) is 9.71. The van der Waals surface area contributed by atoms with E-state index in [1.54, 1.807) is 23.6 Å². The van der Waals surface area contributed by atoms with Gasteiger partial charge in [-0.25, -0.2) is 9.78 Å². The Bertz CT molecular complexity index is 1110. The Morgan fingerprint density at radius 2 is 2.12 bits per heavy atom. The number of hydrogen-bond acceptors (Lipinski definition) is 7. The third-order valence-corrected chi connectivity index (χ3v) is 5.78. The number of carboxylic acid groups (broad SMARTS) is 1. The number of aliphatic carboxylic acids is 1. The van der Waals surface area contributed by atoms with Crippen LogP contribution in [0.4, 0.5) is 5.82 Å². The lowest BCUT2D eigenvalue weighted by molar-refractivity contribution is -0.160. The number of ether oxygens (including phenoxy) is 2. The number of carboxylic acids is 1. The van der Waals surface area contributed by atoms with Crippen LogP contribution in [0.15, 0.2) is 23.8 Å². The fraction of sp³-hybridized carbons (Fsp3) is 0.609. The van der Waals surface area contributed by atoms with Gasteiger partial charge in [0.1, 0.15) is 5.82 Å². The molecule has 184 valence electrons. The van der Waals surface area contributed by atoms with Gasteiger partial charge in [-0.1, -0.05) is 11.2 Å². The highest BCUT2D eigenvalue weighted by Gasteiger charge is 2.37. The molecule has 3 heterocycles. The van der Waals surface area contributed by atoms with Crippen molar-refractivity contribution in [2.24, 2.45) is 5.11 Å². The van der Waals surface area contributed by atoms with Gasteiger partial charge < -0.3 is 19.5 Å². The summed E-state index contributed by atoms with van der Waals surface area (Å²) in [6.45, 7) is 14.9. The molecule has 3 rings (SSSR count). The van der Waals surface area contributed by atoms with Crippen LogP contribution in [0.25, 0.3) is 16.1 Å². The lowest BCUT2D eigenvalue weighted by atomic mass is 9.92. The highest BCUT2D eigenvalue weighted by molar-refractivity contribution is 5.78. The summed E-state index contributed by atoms with van der Waals surface area (Å²) in [7, 11) is 0. The summed E-state index contributed by atoms with van der Waals surface area (Å²) in [5.74, 6) is -0.477. The molecule has 0 amide bonds. The molecule has 0 bridgehead atoms. The van der Waals surface area contributed by atoms with Crippen molar-refractivity contribution in [1.29, 1.82) is 0 Å². The van der Waals surface area contributed by atoms with E-state index in [1.165, 1.54) is 0 Å². The summed E-state index contributed by atoms with van der Waals surface area (Å²) in [5.41, 5.74) is 9.81. The standard InChI is InChI=1S/C23H33N7O4/c1-7-12-33-23(6)8-10-29(11-9-23)20-18(19(21(31)32)34-22(3,4)5)15(2)26-17-13-16(14-25-28-24)27-30(17)20/h7,13,19H,1,8-12,14H2,2-6H3,(H,31,32). The van der Waals surface area contributed by atoms with Crippen LogP contribution >= 0.6 is 0 Å². The van der Waals surface area contributed by atoms with Crippen LogP contribution in [0, 0.1) is 6.92 Å². The number of aromatic nitrogens is 3. The van der Waals surface area contributed by atoms with Crippen LogP contribution in [-0.4, -0.2) is 56.6 Å². The first kappa shape index (κ1) is 25.5. The zero-order valence-corrected chi connectivity index (χ0v) is 20.5. The Morgan fingerprint density at radius 1 is 1.44 bits per heavy atom. The molecule has 1 N–H and O–H groups in total. The fourth-order valence-electron chi connectivity index (χ4n) is 4.14. The molecule has 1 fully saturated rings. The summed E-state index contributed by atoms with van der Waals surface area (Å²) in [6, 6.07) is 1.75. The monoisotopic (exact) mass is 471 g/mol. The number of anilines is 1. The highest BCUT2D eigenvalue weighted by atomic mass is 16.5. The van der Waals surface area contributed by atoms with E-state index in [0.717, 1.165) is 12.8 Å². The summed E-state index contributed by atoms with van der Waals surface area (Å²) < 4.78 is 13.6. The number of carbonyl (C=O) groups is 1. The van der Waals surface area contributed by atoms with Gasteiger partial charge in [-0.05, 0) is 53.0 Å². The molecule has 11 nitrogen and oxygen atoms in total. The lowest BCUT2D eigenvalue weighted by Crippen LogP contribution is -2.45. The molecule has 1 aliphatic rings. The molecule has 34 heavy (non-hydrogen) atoms. The molecule has 0 aromatic carbocycles. The van der Waals surface area contributed by atoms with E-state index in [0.29, 0.717) is 48.1 Å². The van der Waals surface area contributed by atoms with Crippen LogP contribution in [0.3, 0.4) is 0 Å². The van der Waals surface area contributed by atoms with Gasteiger partial charge in [0, 0.05) is 29.8 Å². The molecular weight excluding hydrogens is 438 g/mol. The van der Waals surface area contributed by atoms with Crippen LogP contribution in [-0.2, 0) is 20.8 Å². The minimum atomic E-state index is -1.23. The summed E-state index contributed by atoms with van der Waals surface area (Å²) in [5, 5.41) is 18.3. The minimum absolute atomic E-state index is 0.0714. The van der Waals surface area contributed by atoms with Crippen molar-refractivity contribution < 1.29 is 19.4 Å². The largest absolute Gasteiger partial charge is 0.479 e. The Balaban J connectivity index is 2.14. The Morgan fingerprint density at radius 3 is 2.68 bits per heavy atom. The van der Waals surface area contributed by atoms with Crippen molar-refractivity contribution in [3.05, 3.63) is 46.1 Å². The third-order valence-electron chi connectivity index (χ3n) is 5.78. The average molecular weight is 472 g/mol. The molecule has 0 spiro atoms. The van der Waals surface area contributed by atoms with Gasteiger partial charge in [-0.3, -0.25) is 0 Å². The average Bonchev–Trinajstić information content (AvgIpc) is 3.16. The van der Waals surface area contributed by atoms with Crippen LogP contribution in [0.5, 0.6) is 0 Å². The van der Waals surface area contributed by atoms with E-state index in [2.05, 4.69) is 38.5 Å². The number of rotatable bonds is 9. The van der Waals surface area contributed by atoms with Crippen molar-refractivity contribution in [2.45, 2.75) is 71.3 Å². The second-order valence-electron chi connectivity index (χ2n) is 9.71. The summed E-state index contributed by atoms with van der Waals surface area (Å²) >= 11 is 0. The van der Waals surface area contributed by atoms with Crippen LogP contribution in [0.2, 0.25) is 0 Å². The van der Waals surface area contributed by atoms with Gasteiger partial charge >= 0.3 is 5.97 Å². The molecule has 1 unspecified atom stereocenters. The molecule has 0 radical (unpaired) electrons.